The fraction of sp³-hybridized carbons (Fsp3) is 0.538. The Kier molecular flexibility index (Phi) is 3.08. The molecule has 0 aromatic heterocycles. The zero-order chi connectivity index (χ0) is 10.8. The van der Waals surface area contributed by atoms with E-state index in [1.54, 1.807) is 0 Å². The molecule has 1 aromatic carbocycles. The van der Waals surface area contributed by atoms with Crippen molar-refractivity contribution in [2.75, 3.05) is 13.2 Å². The maximum atomic E-state index is 5.16. The summed E-state index contributed by atoms with van der Waals surface area (Å²) in [7, 11) is 0. The molecule has 1 atom stereocenters. The summed E-state index contributed by atoms with van der Waals surface area (Å²) in [6, 6.07) is 7.59. The monoisotopic (exact) mass is 205 g/mol. The van der Waals surface area contributed by atoms with Gasteiger partial charge in [0.1, 0.15) is 0 Å². The Morgan fingerprint density at radius 2 is 2.07 bits per heavy atom. The maximum Gasteiger partial charge on any atom is 0.0643 e. The first-order valence-corrected chi connectivity index (χ1v) is 5.58. The van der Waals surface area contributed by atoms with E-state index in [0.717, 1.165) is 13.2 Å². The summed E-state index contributed by atoms with van der Waals surface area (Å²) in [5, 5.41) is 3.58. The zero-order valence-electron chi connectivity index (χ0n) is 9.71. The van der Waals surface area contributed by atoms with E-state index in [2.05, 4.69) is 44.3 Å². The van der Waals surface area contributed by atoms with Crippen LogP contribution in [0.1, 0.15) is 29.7 Å². The van der Waals surface area contributed by atoms with Gasteiger partial charge in [-0.05, 0) is 31.9 Å². The minimum absolute atomic E-state index is 0.416. The van der Waals surface area contributed by atoms with Crippen molar-refractivity contribution in [3.63, 3.8) is 0 Å². The topological polar surface area (TPSA) is 21.3 Å². The predicted molar refractivity (Wildman–Crippen MR) is 62.1 cm³/mol. The molecular formula is C13H19NO. The molecule has 0 saturated carbocycles. The van der Waals surface area contributed by atoms with Gasteiger partial charge in [-0.25, -0.2) is 0 Å². The molecule has 0 amide bonds. The fourth-order valence-corrected chi connectivity index (χ4v) is 2.00. The summed E-state index contributed by atoms with van der Waals surface area (Å²) in [6.07, 6.45) is 0. The van der Waals surface area contributed by atoms with Gasteiger partial charge in [0.2, 0.25) is 0 Å². The van der Waals surface area contributed by atoms with E-state index < -0.39 is 0 Å². The van der Waals surface area contributed by atoms with Crippen LogP contribution < -0.4 is 5.32 Å². The maximum absolute atomic E-state index is 5.16. The van der Waals surface area contributed by atoms with E-state index in [1.165, 1.54) is 16.7 Å². The van der Waals surface area contributed by atoms with Gasteiger partial charge in [-0.1, -0.05) is 23.8 Å². The molecule has 2 rings (SSSR count). The molecule has 15 heavy (non-hydrogen) atoms. The number of benzene rings is 1. The summed E-state index contributed by atoms with van der Waals surface area (Å²) in [4.78, 5) is 0. The highest BCUT2D eigenvalue weighted by atomic mass is 16.5. The predicted octanol–water partition coefficient (Wildman–Crippen LogP) is 2.35. The van der Waals surface area contributed by atoms with Gasteiger partial charge in [-0.15, -0.1) is 0 Å². The van der Waals surface area contributed by atoms with Gasteiger partial charge in [-0.3, -0.25) is 0 Å². The SMILES string of the molecule is Cc1ccc(C)c(C(C)NC2COC2)c1. The standard InChI is InChI=1S/C13H19NO/c1-9-4-5-10(2)13(6-9)11(3)14-12-7-15-8-12/h4-6,11-12,14H,7-8H2,1-3H3. The average molecular weight is 205 g/mol. The average Bonchev–Trinajstić information content (AvgIpc) is 2.15. The quantitative estimate of drug-likeness (QED) is 0.818. The molecule has 1 fully saturated rings. The van der Waals surface area contributed by atoms with Crippen molar-refractivity contribution in [3.8, 4) is 0 Å². The van der Waals surface area contributed by atoms with Gasteiger partial charge in [0.05, 0.1) is 19.3 Å². The number of hydrogen-bond acceptors (Lipinski definition) is 2. The third-order valence-corrected chi connectivity index (χ3v) is 3.03. The summed E-state index contributed by atoms with van der Waals surface area (Å²) in [5.41, 5.74) is 4.09. The second-order valence-corrected chi connectivity index (χ2v) is 4.48. The van der Waals surface area contributed by atoms with Crippen LogP contribution in [0.2, 0.25) is 0 Å². The van der Waals surface area contributed by atoms with E-state index >= 15 is 0 Å². The molecule has 1 unspecified atom stereocenters. The highest BCUT2D eigenvalue weighted by molar-refractivity contribution is 5.32. The Bertz CT molecular complexity index is 344. The van der Waals surface area contributed by atoms with Crippen LogP contribution in [0.15, 0.2) is 18.2 Å². The van der Waals surface area contributed by atoms with Gasteiger partial charge in [0.25, 0.3) is 0 Å². The molecular weight excluding hydrogens is 186 g/mol. The first kappa shape index (κ1) is 10.7. The summed E-state index contributed by atoms with van der Waals surface area (Å²) in [5.74, 6) is 0. The van der Waals surface area contributed by atoms with Crippen molar-refractivity contribution >= 4 is 0 Å². The Morgan fingerprint density at radius 1 is 1.33 bits per heavy atom. The van der Waals surface area contributed by atoms with Crippen LogP contribution in [0.25, 0.3) is 0 Å². The molecule has 1 aliphatic heterocycles. The third kappa shape index (κ3) is 2.39. The van der Waals surface area contributed by atoms with Crippen LogP contribution >= 0.6 is 0 Å². The number of rotatable bonds is 3. The van der Waals surface area contributed by atoms with Crippen LogP contribution in [-0.2, 0) is 4.74 Å². The van der Waals surface area contributed by atoms with Crippen molar-refractivity contribution in [1.29, 1.82) is 0 Å². The number of hydrogen-bond donors (Lipinski definition) is 1. The zero-order valence-corrected chi connectivity index (χ0v) is 9.71. The minimum atomic E-state index is 0.416. The lowest BCUT2D eigenvalue weighted by Crippen LogP contribution is -2.46. The molecule has 0 radical (unpaired) electrons. The molecule has 1 aromatic rings. The van der Waals surface area contributed by atoms with Gasteiger partial charge in [-0.2, -0.15) is 0 Å². The molecule has 1 N–H and O–H groups in total. The largest absolute Gasteiger partial charge is 0.378 e. The second kappa shape index (κ2) is 4.33. The Hall–Kier alpha value is -0.860. The Morgan fingerprint density at radius 3 is 2.67 bits per heavy atom. The number of aryl methyl sites for hydroxylation is 2. The molecule has 1 saturated heterocycles. The first-order chi connectivity index (χ1) is 7.16. The first-order valence-electron chi connectivity index (χ1n) is 5.58. The molecule has 82 valence electrons. The second-order valence-electron chi connectivity index (χ2n) is 4.48. The van der Waals surface area contributed by atoms with Crippen molar-refractivity contribution < 1.29 is 4.74 Å². The van der Waals surface area contributed by atoms with Crippen LogP contribution in [0.5, 0.6) is 0 Å². The van der Waals surface area contributed by atoms with Gasteiger partial charge < -0.3 is 10.1 Å². The lowest BCUT2D eigenvalue weighted by Gasteiger charge is -2.31. The van der Waals surface area contributed by atoms with E-state index in [4.69, 9.17) is 4.74 Å². The van der Waals surface area contributed by atoms with Gasteiger partial charge >= 0.3 is 0 Å². The minimum Gasteiger partial charge on any atom is -0.378 e. The normalized spacial score (nSPS) is 18.6. The van der Waals surface area contributed by atoms with Crippen molar-refractivity contribution in [3.05, 3.63) is 34.9 Å². The molecule has 1 heterocycles. The Balaban J connectivity index is 2.09. The van der Waals surface area contributed by atoms with Crippen molar-refractivity contribution in [2.24, 2.45) is 0 Å². The Labute approximate surface area is 91.6 Å². The summed E-state index contributed by atoms with van der Waals surface area (Å²) >= 11 is 0. The number of nitrogens with one attached hydrogen (secondary N) is 1. The van der Waals surface area contributed by atoms with E-state index in [9.17, 15) is 0 Å². The molecule has 2 heteroatoms. The lowest BCUT2D eigenvalue weighted by atomic mass is 9.99. The fourth-order valence-electron chi connectivity index (χ4n) is 2.00. The molecule has 0 bridgehead atoms. The van der Waals surface area contributed by atoms with Crippen LogP contribution in [0.4, 0.5) is 0 Å². The van der Waals surface area contributed by atoms with Gasteiger partial charge in [0, 0.05) is 6.04 Å². The lowest BCUT2D eigenvalue weighted by molar-refractivity contribution is -0.00928. The summed E-state index contributed by atoms with van der Waals surface area (Å²) < 4.78 is 5.16. The van der Waals surface area contributed by atoms with E-state index in [-0.39, 0.29) is 0 Å². The van der Waals surface area contributed by atoms with Crippen molar-refractivity contribution in [1.82, 2.24) is 5.32 Å². The van der Waals surface area contributed by atoms with Gasteiger partial charge in [0.15, 0.2) is 0 Å². The molecule has 1 aliphatic rings. The molecule has 0 aliphatic carbocycles. The highest BCUT2D eigenvalue weighted by Gasteiger charge is 2.21. The summed E-state index contributed by atoms with van der Waals surface area (Å²) in [6.45, 7) is 8.25. The van der Waals surface area contributed by atoms with Crippen molar-refractivity contribution in [2.45, 2.75) is 32.9 Å². The van der Waals surface area contributed by atoms with E-state index in [1.807, 2.05) is 0 Å². The van der Waals surface area contributed by atoms with Crippen LogP contribution in [0.3, 0.4) is 0 Å². The molecule has 2 nitrogen and oxygen atoms in total. The van der Waals surface area contributed by atoms with E-state index in [0.29, 0.717) is 12.1 Å². The van der Waals surface area contributed by atoms with Crippen LogP contribution in [-0.4, -0.2) is 19.3 Å². The highest BCUT2D eigenvalue weighted by Crippen LogP contribution is 2.20. The molecule has 0 spiro atoms. The van der Waals surface area contributed by atoms with Crippen LogP contribution in [0, 0.1) is 13.8 Å². The third-order valence-electron chi connectivity index (χ3n) is 3.03. The number of ether oxygens (including phenoxy) is 1. The smallest absolute Gasteiger partial charge is 0.0643 e.